The fourth-order valence-corrected chi connectivity index (χ4v) is 2.15. The van der Waals surface area contributed by atoms with Gasteiger partial charge in [-0.1, -0.05) is 23.7 Å². The Morgan fingerprint density at radius 1 is 1.26 bits per heavy atom. The van der Waals surface area contributed by atoms with Crippen LogP contribution in [0.3, 0.4) is 0 Å². The second-order valence-electron chi connectivity index (χ2n) is 3.73. The Kier molecular flexibility index (Phi) is 3.96. The van der Waals surface area contributed by atoms with Gasteiger partial charge in [-0.05, 0) is 29.5 Å². The predicted octanol–water partition coefficient (Wildman–Crippen LogP) is 3.78. The van der Waals surface area contributed by atoms with Crippen LogP contribution in [0.2, 0.25) is 5.02 Å². The van der Waals surface area contributed by atoms with E-state index in [2.05, 4.69) is 5.10 Å². The summed E-state index contributed by atoms with van der Waals surface area (Å²) >= 11 is 5.61. The highest BCUT2D eigenvalue weighted by Gasteiger charge is 2.28. The monoisotopic (exact) mass is 307 g/mol. The first-order chi connectivity index (χ1) is 8.85. The van der Waals surface area contributed by atoms with Gasteiger partial charge in [-0.2, -0.15) is 18.3 Å². The highest BCUT2D eigenvalue weighted by molar-refractivity contribution is 8.00. The third kappa shape index (κ3) is 3.81. The average molecular weight is 308 g/mol. The minimum absolute atomic E-state index is 0.141. The summed E-state index contributed by atoms with van der Waals surface area (Å²) in [6, 6.07) is 6.02. The second kappa shape index (κ2) is 5.34. The maximum absolute atomic E-state index is 12.2. The van der Waals surface area contributed by atoms with E-state index in [4.69, 9.17) is 17.3 Å². The first-order valence-corrected chi connectivity index (χ1v) is 6.36. The number of rotatable bonds is 3. The lowest BCUT2D eigenvalue weighted by Gasteiger charge is -2.07. The van der Waals surface area contributed by atoms with E-state index >= 15 is 0 Å². The zero-order valence-corrected chi connectivity index (χ0v) is 11.1. The quantitative estimate of drug-likeness (QED) is 0.878. The molecule has 8 heteroatoms. The number of alkyl halides is 3. The number of benzene rings is 1. The van der Waals surface area contributed by atoms with Crippen molar-refractivity contribution in [1.82, 2.24) is 9.78 Å². The van der Waals surface area contributed by atoms with Gasteiger partial charge in [0, 0.05) is 4.90 Å². The number of hydrogen-bond donors (Lipinski definition) is 1. The van der Waals surface area contributed by atoms with Crippen LogP contribution in [0.15, 0.2) is 35.4 Å². The molecule has 3 nitrogen and oxygen atoms in total. The molecule has 0 amide bonds. The topological polar surface area (TPSA) is 43.8 Å². The summed E-state index contributed by atoms with van der Waals surface area (Å²) in [6.07, 6.45) is 1.42. The standard InChI is InChI=1S/C11H9ClF3N3S/c12-9-5-17-18(10(9)16)6-7-1-3-8(4-2-7)19-11(13,14)15/h1-5H,6,16H2. The molecule has 0 fully saturated rings. The van der Waals surface area contributed by atoms with Crippen molar-refractivity contribution in [2.45, 2.75) is 16.9 Å². The smallest absolute Gasteiger partial charge is 0.383 e. The Bertz CT molecular complexity index is 566. The van der Waals surface area contributed by atoms with Crippen LogP contribution in [0.25, 0.3) is 0 Å². The fraction of sp³-hybridized carbons (Fsp3) is 0.182. The molecule has 0 unspecified atom stereocenters. The van der Waals surface area contributed by atoms with Gasteiger partial charge in [-0.15, -0.1) is 0 Å². The molecule has 0 spiro atoms. The molecule has 2 rings (SSSR count). The molecule has 102 valence electrons. The number of nitrogen functional groups attached to an aromatic ring is 1. The Morgan fingerprint density at radius 3 is 2.37 bits per heavy atom. The summed E-state index contributed by atoms with van der Waals surface area (Å²) in [5, 5.41) is 4.32. The molecule has 0 aliphatic heterocycles. The third-order valence-corrected chi connectivity index (χ3v) is 3.35. The zero-order valence-electron chi connectivity index (χ0n) is 9.49. The van der Waals surface area contributed by atoms with Crippen LogP contribution in [0.5, 0.6) is 0 Å². The molecular weight excluding hydrogens is 299 g/mol. The van der Waals surface area contributed by atoms with Gasteiger partial charge in [-0.25, -0.2) is 4.68 Å². The number of aromatic nitrogens is 2. The molecule has 2 N–H and O–H groups in total. The second-order valence-corrected chi connectivity index (χ2v) is 5.27. The van der Waals surface area contributed by atoms with Gasteiger partial charge in [0.05, 0.1) is 12.7 Å². The highest BCUT2D eigenvalue weighted by Crippen LogP contribution is 2.36. The minimum Gasteiger partial charge on any atom is -0.383 e. The molecule has 0 radical (unpaired) electrons. The molecule has 1 aromatic carbocycles. The van der Waals surface area contributed by atoms with Crippen molar-refractivity contribution in [3.05, 3.63) is 41.0 Å². The van der Waals surface area contributed by atoms with Gasteiger partial charge in [-0.3, -0.25) is 0 Å². The predicted molar refractivity (Wildman–Crippen MR) is 69.1 cm³/mol. The average Bonchev–Trinajstić information content (AvgIpc) is 2.62. The Balaban J connectivity index is 2.09. The van der Waals surface area contributed by atoms with Gasteiger partial charge >= 0.3 is 5.51 Å². The van der Waals surface area contributed by atoms with E-state index in [1.165, 1.54) is 23.0 Å². The molecule has 1 heterocycles. The van der Waals surface area contributed by atoms with Crippen LogP contribution >= 0.6 is 23.4 Å². The van der Waals surface area contributed by atoms with Gasteiger partial charge < -0.3 is 5.73 Å². The number of halogens is 4. The molecule has 0 bridgehead atoms. The van der Waals surface area contributed by atoms with Gasteiger partial charge in [0.25, 0.3) is 0 Å². The maximum Gasteiger partial charge on any atom is 0.446 e. The first kappa shape index (κ1) is 14.1. The summed E-state index contributed by atoms with van der Waals surface area (Å²) in [5.41, 5.74) is 2.19. The van der Waals surface area contributed by atoms with E-state index in [9.17, 15) is 13.2 Å². The summed E-state index contributed by atoms with van der Waals surface area (Å²) in [7, 11) is 0. The molecule has 0 aliphatic carbocycles. The largest absolute Gasteiger partial charge is 0.446 e. The summed E-state index contributed by atoms with van der Waals surface area (Å²) < 4.78 is 38.0. The van der Waals surface area contributed by atoms with Gasteiger partial charge in [0.2, 0.25) is 0 Å². The highest BCUT2D eigenvalue weighted by atomic mass is 35.5. The van der Waals surface area contributed by atoms with Crippen molar-refractivity contribution in [3.63, 3.8) is 0 Å². The van der Waals surface area contributed by atoms with Gasteiger partial charge in [0.1, 0.15) is 10.8 Å². The lowest BCUT2D eigenvalue weighted by atomic mass is 10.2. The molecular formula is C11H9ClF3N3S. The Morgan fingerprint density at radius 2 is 1.89 bits per heavy atom. The Labute approximate surface area is 116 Å². The normalized spacial score (nSPS) is 11.8. The van der Waals surface area contributed by atoms with E-state index < -0.39 is 5.51 Å². The minimum atomic E-state index is -4.28. The summed E-state index contributed by atoms with van der Waals surface area (Å²) in [6.45, 7) is 0.357. The summed E-state index contributed by atoms with van der Waals surface area (Å²) in [4.78, 5) is 0.141. The van der Waals surface area contributed by atoms with Crippen LogP contribution in [-0.4, -0.2) is 15.3 Å². The molecule has 0 aliphatic rings. The lowest BCUT2D eigenvalue weighted by molar-refractivity contribution is -0.0328. The van der Waals surface area contributed by atoms with E-state index in [-0.39, 0.29) is 16.7 Å². The van der Waals surface area contributed by atoms with Crippen molar-refractivity contribution in [1.29, 1.82) is 0 Å². The zero-order chi connectivity index (χ0) is 14.0. The summed E-state index contributed by atoms with van der Waals surface area (Å²) in [5.74, 6) is 0.329. The first-order valence-electron chi connectivity index (χ1n) is 5.16. The number of nitrogens with zero attached hydrogens (tertiary/aromatic N) is 2. The van der Waals surface area contributed by atoms with Crippen LogP contribution in [0.1, 0.15) is 5.56 Å². The van der Waals surface area contributed by atoms with Crippen molar-refractivity contribution < 1.29 is 13.2 Å². The number of hydrogen-bond acceptors (Lipinski definition) is 3. The fourth-order valence-electron chi connectivity index (χ4n) is 1.47. The SMILES string of the molecule is Nc1c(Cl)cnn1Cc1ccc(SC(F)(F)F)cc1. The number of thioether (sulfide) groups is 1. The molecule has 0 atom stereocenters. The van der Waals surface area contributed by atoms with E-state index in [0.717, 1.165) is 5.56 Å². The lowest BCUT2D eigenvalue weighted by Crippen LogP contribution is -2.05. The molecule has 1 aromatic heterocycles. The number of anilines is 1. The van der Waals surface area contributed by atoms with Crippen molar-refractivity contribution in [2.75, 3.05) is 5.73 Å². The van der Waals surface area contributed by atoms with Crippen molar-refractivity contribution >= 4 is 29.2 Å². The molecule has 2 aromatic rings. The molecule has 0 saturated heterocycles. The van der Waals surface area contributed by atoms with Crippen LogP contribution in [0.4, 0.5) is 19.0 Å². The van der Waals surface area contributed by atoms with Crippen LogP contribution in [-0.2, 0) is 6.54 Å². The van der Waals surface area contributed by atoms with Crippen molar-refractivity contribution in [2.24, 2.45) is 0 Å². The Hall–Kier alpha value is -1.34. The van der Waals surface area contributed by atoms with Crippen molar-refractivity contribution in [3.8, 4) is 0 Å². The van der Waals surface area contributed by atoms with E-state index in [1.807, 2.05) is 0 Å². The molecule has 19 heavy (non-hydrogen) atoms. The number of nitrogens with two attached hydrogens (primary N) is 1. The van der Waals surface area contributed by atoms with E-state index in [0.29, 0.717) is 17.4 Å². The molecule has 0 saturated carbocycles. The third-order valence-electron chi connectivity index (χ3n) is 2.32. The van der Waals surface area contributed by atoms with E-state index in [1.54, 1.807) is 12.1 Å². The maximum atomic E-state index is 12.2. The van der Waals surface area contributed by atoms with Gasteiger partial charge in [0.15, 0.2) is 0 Å². The van der Waals surface area contributed by atoms with Crippen LogP contribution < -0.4 is 5.73 Å². The van der Waals surface area contributed by atoms with Crippen LogP contribution in [0, 0.1) is 0 Å².